The second-order valence-electron chi connectivity index (χ2n) is 6.23. The van der Waals surface area contributed by atoms with Crippen LogP contribution in [0.25, 0.3) is 0 Å². The minimum absolute atomic E-state index is 0.0637. The van der Waals surface area contributed by atoms with Crippen molar-refractivity contribution in [1.82, 2.24) is 0 Å². The van der Waals surface area contributed by atoms with Gasteiger partial charge in [0.05, 0.1) is 6.10 Å². The van der Waals surface area contributed by atoms with Crippen LogP contribution in [0.4, 0.5) is 0 Å². The van der Waals surface area contributed by atoms with Crippen LogP contribution in [0, 0.1) is 0 Å². The zero-order valence-electron chi connectivity index (χ0n) is 15.1. The van der Waals surface area contributed by atoms with Gasteiger partial charge in [-0.1, -0.05) is 44.2 Å². The van der Waals surface area contributed by atoms with Gasteiger partial charge in [0, 0.05) is 0 Å². The van der Waals surface area contributed by atoms with Crippen molar-refractivity contribution in [1.29, 1.82) is 0 Å². The summed E-state index contributed by atoms with van der Waals surface area (Å²) in [6.45, 7) is 8.75. The highest BCUT2D eigenvalue weighted by Crippen LogP contribution is 2.22. The third-order valence-electron chi connectivity index (χ3n) is 3.88. The van der Waals surface area contributed by atoms with Gasteiger partial charge in [-0.2, -0.15) is 0 Å². The molecule has 0 aromatic heterocycles. The Morgan fingerprint density at radius 1 is 0.833 bits per heavy atom. The molecule has 2 aromatic carbocycles. The van der Waals surface area contributed by atoms with Gasteiger partial charge in [0.25, 0.3) is 0 Å². The summed E-state index contributed by atoms with van der Waals surface area (Å²) in [6, 6.07) is 17.9. The van der Waals surface area contributed by atoms with Crippen LogP contribution < -0.4 is 9.47 Å². The number of hydrogen-bond acceptors (Lipinski definition) is 3. The van der Waals surface area contributed by atoms with Crippen LogP contribution in [-0.2, 0) is 4.74 Å². The molecule has 0 aliphatic rings. The largest absolute Gasteiger partial charge is 0.487 e. The first-order valence-electron chi connectivity index (χ1n) is 8.68. The minimum Gasteiger partial charge on any atom is -0.487 e. The van der Waals surface area contributed by atoms with E-state index in [4.69, 9.17) is 14.2 Å². The normalized spacial score (nSPS) is 13.5. The maximum atomic E-state index is 5.97. The molecule has 0 heterocycles. The first-order chi connectivity index (χ1) is 11.6. The lowest BCUT2D eigenvalue weighted by molar-refractivity contribution is -0.125. The van der Waals surface area contributed by atoms with E-state index < -0.39 is 6.29 Å². The van der Waals surface area contributed by atoms with Crippen LogP contribution in [0.15, 0.2) is 54.6 Å². The van der Waals surface area contributed by atoms with Crippen LogP contribution in [0.1, 0.15) is 45.6 Å². The zero-order valence-corrected chi connectivity index (χ0v) is 15.1. The molecule has 0 saturated carbocycles. The summed E-state index contributed by atoms with van der Waals surface area (Å²) in [6.07, 6.45) is 0.748. The molecular weight excluding hydrogens is 300 g/mol. The summed E-state index contributed by atoms with van der Waals surface area (Å²) in [5.74, 6) is 2.16. The van der Waals surface area contributed by atoms with Crippen LogP contribution in [0.2, 0.25) is 0 Å². The van der Waals surface area contributed by atoms with Crippen molar-refractivity contribution < 1.29 is 14.2 Å². The standard InChI is InChI=1S/C21H28O3/c1-5-17(4)18-11-13-20(14-12-18)24-21(23-16(2)3)15-22-19-9-7-6-8-10-19/h6-14,16-17,21H,5,15H2,1-4H3. The minimum atomic E-state index is -0.445. The Labute approximate surface area is 145 Å². The molecule has 0 amide bonds. The number of benzene rings is 2. The molecule has 0 saturated heterocycles. The monoisotopic (exact) mass is 328 g/mol. The molecule has 0 bridgehead atoms. The molecule has 2 atom stereocenters. The molecule has 2 rings (SSSR count). The van der Waals surface area contributed by atoms with Crippen LogP contribution in [0.3, 0.4) is 0 Å². The fourth-order valence-electron chi connectivity index (χ4n) is 2.35. The summed E-state index contributed by atoms with van der Waals surface area (Å²) in [5.41, 5.74) is 1.33. The van der Waals surface area contributed by atoms with Crippen molar-refractivity contribution in [2.75, 3.05) is 6.61 Å². The van der Waals surface area contributed by atoms with Gasteiger partial charge in [-0.25, -0.2) is 0 Å². The Morgan fingerprint density at radius 2 is 1.50 bits per heavy atom. The second-order valence-corrected chi connectivity index (χ2v) is 6.23. The maximum absolute atomic E-state index is 5.97. The molecule has 2 aromatic rings. The Balaban J connectivity index is 1.97. The molecule has 0 N–H and O–H groups in total. The summed E-state index contributed by atoms with van der Waals surface area (Å²) in [7, 11) is 0. The summed E-state index contributed by atoms with van der Waals surface area (Å²) in [4.78, 5) is 0. The van der Waals surface area contributed by atoms with Crippen LogP contribution in [0.5, 0.6) is 11.5 Å². The van der Waals surface area contributed by atoms with E-state index in [1.54, 1.807) is 0 Å². The Morgan fingerprint density at radius 3 is 2.08 bits per heavy atom. The van der Waals surface area contributed by atoms with Crippen molar-refractivity contribution >= 4 is 0 Å². The first-order valence-corrected chi connectivity index (χ1v) is 8.68. The summed E-state index contributed by atoms with van der Waals surface area (Å²) >= 11 is 0. The van der Waals surface area contributed by atoms with Gasteiger partial charge in [0.1, 0.15) is 11.5 Å². The van der Waals surface area contributed by atoms with Gasteiger partial charge in [0.15, 0.2) is 6.61 Å². The topological polar surface area (TPSA) is 27.7 Å². The van der Waals surface area contributed by atoms with Crippen LogP contribution in [-0.4, -0.2) is 19.0 Å². The second kappa shape index (κ2) is 9.33. The van der Waals surface area contributed by atoms with E-state index in [1.807, 2.05) is 56.3 Å². The molecule has 2 unspecified atom stereocenters. The predicted molar refractivity (Wildman–Crippen MR) is 97.7 cm³/mol. The first kappa shape index (κ1) is 18.3. The Bertz CT molecular complexity index is 578. The van der Waals surface area contributed by atoms with Crippen molar-refractivity contribution in [2.24, 2.45) is 0 Å². The van der Waals surface area contributed by atoms with Gasteiger partial charge in [-0.15, -0.1) is 0 Å². The fraction of sp³-hybridized carbons (Fsp3) is 0.429. The highest BCUT2D eigenvalue weighted by molar-refractivity contribution is 5.29. The summed E-state index contributed by atoms with van der Waals surface area (Å²) in [5, 5.41) is 0. The Kier molecular flexibility index (Phi) is 7.13. The predicted octanol–water partition coefficient (Wildman–Crippen LogP) is 5.41. The third-order valence-corrected chi connectivity index (χ3v) is 3.88. The van der Waals surface area contributed by atoms with Crippen molar-refractivity contribution in [2.45, 2.75) is 52.4 Å². The van der Waals surface area contributed by atoms with E-state index in [1.165, 1.54) is 5.56 Å². The van der Waals surface area contributed by atoms with Gasteiger partial charge in [0.2, 0.25) is 6.29 Å². The highest BCUT2D eigenvalue weighted by atomic mass is 16.7. The lowest BCUT2D eigenvalue weighted by atomic mass is 9.99. The van der Waals surface area contributed by atoms with Crippen molar-refractivity contribution in [3.05, 3.63) is 60.2 Å². The number of rotatable bonds is 9. The molecule has 130 valence electrons. The molecular formula is C21H28O3. The van der Waals surface area contributed by atoms with E-state index in [0.717, 1.165) is 17.9 Å². The molecule has 3 nitrogen and oxygen atoms in total. The van der Waals surface area contributed by atoms with Gasteiger partial charge in [-0.3, -0.25) is 0 Å². The number of hydrogen-bond donors (Lipinski definition) is 0. The number of para-hydroxylation sites is 1. The third kappa shape index (κ3) is 5.89. The lowest BCUT2D eigenvalue weighted by Crippen LogP contribution is -2.30. The van der Waals surface area contributed by atoms with Crippen LogP contribution >= 0.6 is 0 Å². The highest BCUT2D eigenvalue weighted by Gasteiger charge is 2.14. The molecule has 0 spiro atoms. The van der Waals surface area contributed by atoms with Gasteiger partial charge in [-0.05, 0) is 56.0 Å². The quantitative estimate of drug-likeness (QED) is 0.576. The smallest absolute Gasteiger partial charge is 0.234 e. The van der Waals surface area contributed by atoms with Crippen molar-refractivity contribution in [3.8, 4) is 11.5 Å². The zero-order chi connectivity index (χ0) is 17.4. The molecule has 0 aliphatic heterocycles. The lowest BCUT2D eigenvalue weighted by Gasteiger charge is -2.22. The average Bonchev–Trinajstić information content (AvgIpc) is 2.60. The van der Waals surface area contributed by atoms with E-state index in [-0.39, 0.29) is 6.10 Å². The van der Waals surface area contributed by atoms with E-state index in [9.17, 15) is 0 Å². The maximum Gasteiger partial charge on any atom is 0.234 e. The molecule has 0 radical (unpaired) electrons. The van der Waals surface area contributed by atoms with Crippen molar-refractivity contribution in [3.63, 3.8) is 0 Å². The SMILES string of the molecule is CCC(C)c1ccc(OC(COc2ccccc2)OC(C)C)cc1. The van der Waals surface area contributed by atoms with Gasteiger partial charge < -0.3 is 14.2 Å². The van der Waals surface area contributed by atoms with E-state index >= 15 is 0 Å². The van der Waals surface area contributed by atoms with E-state index in [2.05, 4.69) is 26.0 Å². The van der Waals surface area contributed by atoms with Gasteiger partial charge >= 0.3 is 0 Å². The molecule has 0 aliphatic carbocycles. The molecule has 3 heteroatoms. The molecule has 0 fully saturated rings. The fourth-order valence-corrected chi connectivity index (χ4v) is 2.35. The van der Waals surface area contributed by atoms with E-state index in [0.29, 0.717) is 12.5 Å². The molecule has 24 heavy (non-hydrogen) atoms. The number of ether oxygens (including phenoxy) is 3. The summed E-state index contributed by atoms with van der Waals surface area (Å²) < 4.78 is 17.6. The Hall–Kier alpha value is -2.00. The average molecular weight is 328 g/mol.